The van der Waals surface area contributed by atoms with Crippen LogP contribution in [0.15, 0.2) is 29.2 Å². The van der Waals surface area contributed by atoms with E-state index in [1.807, 2.05) is 0 Å². The van der Waals surface area contributed by atoms with Crippen molar-refractivity contribution in [3.63, 3.8) is 0 Å². The molecule has 0 fully saturated rings. The number of carboxylic acids is 1. The van der Waals surface area contributed by atoms with E-state index in [9.17, 15) is 9.59 Å². The second kappa shape index (κ2) is 4.81. The van der Waals surface area contributed by atoms with Gasteiger partial charge in [-0.25, -0.2) is 4.79 Å². The molecule has 0 unspecified atom stereocenters. The molecule has 0 saturated heterocycles. The summed E-state index contributed by atoms with van der Waals surface area (Å²) in [5.41, 5.74) is 0.249. The van der Waals surface area contributed by atoms with Gasteiger partial charge in [0.25, 0.3) is 0 Å². The molecule has 0 saturated carbocycles. The highest BCUT2D eigenvalue weighted by Gasteiger charge is 2.03. The maximum atomic E-state index is 10.7. The molecule has 1 rings (SSSR count). The van der Waals surface area contributed by atoms with E-state index in [-0.39, 0.29) is 11.3 Å². The highest BCUT2D eigenvalue weighted by molar-refractivity contribution is 8.00. The molecule has 0 radical (unpaired) electrons. The number of ketones is 1. The van der Waals surface area contributed by atoms with Gasteiger partial charge in [-0.05, 0) is 25.1 Å². The lowest BCUT2D eigenvalue weighted by atomic mass is 10.2. The van der Waals surface area contributed by atoms with Crippen LogP contribution >= 0.6 is 11.8 Å². The summed E-state index contributed by atoms with van der Waals surface area (Å²) in [6.07, 6.45) is 0. The van der Waals surface area contributed by atoms with Crippen molar-refractivity contribution in [1.29, 1.82) is 0 Å². The number of hydrogen-bond donors (Lipinski definition) is 1. The first-order valence-corrected chi connectivity index (χ1v) is 5.04. The van der Waals surface area contributed by atoms with E-state index in [0.29, 0.717) is 5.75 Å². The lowest BCUT2D eigenvalue weighted by molar-refractivity contribution is -0.114. The van der Waals surface area contributed by atoms with Gasteiger partial charge >= 0.3 is 5.97 Å². The number of hydrogen-bond acceptors (Lipinski definition) is 3. The van der Waals surface area contributed by atoms with Crippen LogP contribution in [-0.2, 0) is 4.79 Å². The maximum Gasteiger partial charge on any atom is 0.335 e. The average molecular weight is 210 g/mol. The summed E-state index contributed by atoms with van der Waals surface area (Å²) < 4.78 is 0. The Morgan fingerprint density at radius 1 is 1.43 bits per heavy atom. The molecular weight excluding hydrogens is 200 g/mol. The zero-order valence-electron chi connectivity index (χ0n) is 7.69. The van der Waals surface area contributed by atoms with Gasteiger partial charge in [0.05, 0.1) is 11.3 Å². The van der Waals surface area contributed by atoms with Gasteiger partial charge in [0.2, 0.25) is 0 Å². The predicted molar refractivity (Wildman–Crippen MR) is 54.8 cm³/mol. The molecule has 74 valence electrons. The standard InChI is InChI=1S/C10H10O3S/c1-7(11)6-14-9-4-2-3-8(5-9)10(12)13/h2-5H,6H2,1H3,(H,12,13). The van der Waals surface area contributed by atoms with Gasteiger partial charge in [-0.3, -0.25) is 4.79 Å². The van der Waals surface area contributed by atoms with Crippen molar-refractivity contribution in [2.75, 3.05) is 5.75 Å². The first kappa shape index (κ1) is 10.8. The second-order valence-corrected chi connectivity index (χ2v) is 3.87. The molecule has 14 heavy (non-hydrogen) atoms. The Morgan fingerprint density at radius 3 is 2.71 bits per heavy atom. The summed E-state index contributed by atoms with van der Waals surface area (Å²) in [5.74, 6) is -0.491. The molecule has 0 aromatic heterocycles. The second-order valence-electron chi connectivity index (χ2n) is 2.82. The number of thioether (sulfide) groups is 1. The molecule has 0 aliphatic heterocycles. The van der Waals surface area contributed by atoms with Crippen molar-refractivity contribution in [2.24, 2.45) is 0 Å². The van der Waals surface area contributed by atoms with Crippen LogP contribution < -0.4 is 0 Å². The molecule has 0 spiro atoms. The summed E-state index contributed by atoms with van der Waals surface area (Å²) in [6, 6.07) is 6.56. The molecule has 0 aliphatic carbocycles. The lowest BCUT2D eigenvalue weighted by Crippen LogP contribution is -1.97. The van der Waals surface area contributed by atoms with Crippen LogP contribution in [0.2, 0.25) is 0 Å². The van der Waals surface area contributed by atoms with Gasteiger partial charge < -0.3 is 5.11 Å². The van der Waals surface area contributed by atoms with E-state index in [2.05, 4.69) is 0 Å². The van der Waals surface area contributed by atoms with Gasteiger partial charge in [0.15, 0.2) is 0 Å². The molecular formula is C10H10O3S. The monoisotopic (exact) mass is 210 g/mol. The third kappa shape index (κ3) is 3.22. The minimum Gasteiger partial charge on any atom is -0.478 e. The molecule has 0 amide bonds. The molecule has 1 aromatic carbocycles. The third-order valence-corrected chi connectivity index (χ3v) is 2.66. The van der Waals surface area contributed by atoms with Crippen molar-refractivity contribution < 1.29 is 14.7 Å². The van der Waals surface area contributed by atoms with Crippen LogP contribution in [0.1, 0.15) is 17.3 Å². The summed E-state index contributed by atoms with van der Waals surface area (Å²) in [7, 11) is 0. The highest BCUT2D eigenvalue weighted by Crippen LogP contribution is 2.18. The Labute approximate surface area is 86.1 Å². The van der Waals surface area contributed by atoms with Crippen molar-refractivity contribution in [3.8, 4) is 0 Å². The molecule has 0 heterocycles. The van der Waals surface area contributed by atoms with Gasteiger partial charge in [0.1, 0.15) is 5.78 Å². The Hall–Kier alpha value is -1.29. The number of carbonyl (C=O) groups is 2. The van der Waals surface area contributed by atoms with Crippen LogP contribution in [0, 0.1) is 0 Å². The molecule has 1 N–H and O–H groups in total. The fourth-order valence-corrected chi connectivity index (χ4v) is 1.66. The number of Topliss-reactive ketones (excluding diaryl/α,β-unsaturated/α-hetero) is 1. The van der Waals surface area contributed by atoms with Crippen LogP contribution in [0.3, 0.4) is 0 Å². The summed E-state index contributed by atoms with van der Waals surface area (Å²) >= 11 is 1.35. The molecule has 3 nitrogen and oxygen atoms in total. The van der Waals surface area contributed by atoms with Gasteiger partial charge in [0, 0.05) is 4.90 Å². The summed E-state index contributed by atoms with van der Waals surface area (Å²) in [6.45, 7) is 1.51. The topological polar surface area (TPSA) is 54.4 Å². The minimum absolute atomic E-state index is 0.0794. The summed E-state index contributed by atoms with van der Waals surface area (Å²) in [5, 5.41) is 8.71. The van der Waals surface area contributed by atoms with Gasteiger partial charge in [-0.2, -0.15) is 0 Å². The number of rotatable bonds is 4. The SMILES string of the molecule is CC(=O)CSc1cccc(C(=O)O)c1. The largest absolute Gasteiger partial charge is 0.478 e. The minimum atomic E-state index is -0.949. The first-order valence-electron chi connectivity index (χ1n) is 4.05. The van der Waals surface area contributed by atoms with Crippen LogP contribution in [0.25, 0.3) is 0 Å². The maximum absolute atomic E-state index is 10.7. The van der Waals surface area contributed by atoms with Gasteiger partial charge in [-0.15, -0.1) is 11.8 Å². The van der Waals surface area contributed by atoms with E-state index < -0.39 is 5.97 Å². The number of aromatic carboxylic acids is 1. The molecule has 0 atom stereocenters. The predicted octanol–water partition coefficient (Wildman–Crippen LogP) is 2.07. The van der Waals surface area contributed by atoms with E-state index in [0.717, 1.165) is 4.90 Å². The van der Waals surface area contributed by atoms with Crippen LogP contribution in [0.5, 0.6) is 0 Å². The molecule has 1 aromatic rings. The first-order chi connectivity index (χ1) is 6.59. The smallest absolute Gasteiger partial charge is 0.335 e. The zero-order valence-corrected chi connectivity index (χ0v) is 8.50. The van der Waals surface area contributed by atoms with Crippen molar-refractivity contribution >= 4 is 23.5 Å². The van der Waals surface area contributed by atoms with E-state index >= 15 is 0 Å². The highest BCUT2D eigenvalue weighted by atomic mass is 32.2. The Kier molecular flexibility index (Phi) is 3.71. The number of carbonyl (C=O) groups excluding carboxylic acids is 1. The zero-order chi connectivity index (χ0) is 10.6. The summed E-state index contributed by atoms with van der Waals surface area (Å²) in [4.78, 5) is 22.1. The van der Waals surface area contributed by atoms with Crippen LogP contribution in [0.4, 0.5) is 0 Å². The lowest BCUT2D eigenvalue weighted by Gasteiger charge is -2.00. The molecule has 4 heteroatoms. The van der Waals surface area contributed by atoms with E-state index in [1.54, 1.807) is 18.2 Å². The Bertz CT molecular complexity index is 360. The quantitative estimate of drug-likeness (QED) is 0.773. The number of carboxylic acid groups (broad SMARTS) is 1. The van der Waals surface area contributed by atoms with E-state index in [1.165, 1.54) is 24.8 Å². The van der Waals surface area contributed by atoms with Gasteiger partial charge in [-0.1, -0.05) is 6.07 Å². The average Bonchev–Trinajstić information content (AvgIpc) is 2.15. The Morgan fingerprint density at radius 2 is 2.14 bits per heavy atom. The number of benzene rings is 1. The Balaban J connectivity index is 2.73. The molecule has 0 aliphatic rings. The van der Waals surface area contributed by atoms with Crippen LogP contribution in [-0.4, -0.2) is 22.6 Å². The van der Waals surface area contributed by atoms with Crippen molar-refractivity contribution in [3.05, 3.63) is 29.8 Å². The molecule has 0 bridgehead atoms. The normalized spacial score (nSPS) is 9.79. The third-order valence-electron chi connectivity index (χ3n) is 1.52. The van der Waals surface area contributed by atoms with E-state index in [4.69, 9.17) is 5.11 Å². The van der Waals surface area contributed by atoms with Crippen molar-refractivity contribution in [1.82, 2.24) is 0 Å². The van der Waals surface area contributed by atoms with Crippen molar-refractivity contribution in [2.45, 2.75) is 11.8 Å². The fraction of sp³-hybridized carbons (Fsp3) is 0.200. The fourth-order valence-electron chi connectivity index (χ4n) is 0.904.